The second-order valence-electron chi connectivity index (χ2n) is 5.38. The maximum Gasteiger partial charge on any atom is 0.263 e. The van der Waals surface area contributed by atoms with E-state index in [1.54, 1.807) is 0 Å². The van der Waals surface area contributed by atoms with Crippen molar-refractivity contribution in [1.82, 2.24) is 9.88 Å². The molecule has 0 N–H and O–H groups in total. The van der Waals surface area contributed by atoms with E-state index < -0.39 is 0 Å². The predicted molar refractivity (Wildman–Crippen MR) is 80.3 cm³/mol. The van der Waals surface area contributed by atoms with E-state index in [0.29, 0.717) is 0 Å². The Labute approximate surface area is 128 Å². The third-order valence-corrected chi connectivity index (χ3v) is 4.13. The van der Waals surface area contributed by atoms with Gasteiger partial charge in [0.25, 0.3) is 5.89 Å². The van der Waals surface area contributed by atoms with E-state index in [4.69, 9.17) is 16.0 Å². The molecule has 0 bridgehead atoms. The average Bonchev–Trinajstić information content (AvgIpc) is 3.01. The summed E-state index contributed by atoms with van der Waals surface area (Å²) in [5.74, 6) is 0.296. The minimum Gasteiger partial charge on any atom is -0.442 e. The zero-order valence-electron chi connectivity index (χ0n) is 11.7. The number of Topliss-reactive ketones (excluding diaryl/α,β-unsaturated/α-hetero) is 1. The number of benzene rings is 1. The fraction of sp³-hybridized carbons (Fsp3) is 0.375. The van der Waals surface area contributed by atoms with Crippen molar-refractivity contribution in [3.8, 4) is 0 Å². The molecular formula is C16H17ClN2O2. The van der Waals surface area contributed by atoms with Gasteiger partial charge in [-0.1, -0.05) is 23.7 Å². The van der Waals surface area contributed by atoms with Gasteiger partial charge >= 0.3 is 0 Å². The monoisotopic (exact) mass is 304 g/mol. The van der Waals surface area contributed by atoms with Crippen molar-refractivity contribution in [2.24, 2.45) is 5.92 Å². The fourth-order valence-electron chi connectivity index (χ4n) is 2.77. The topological polar surface area (TPSA) is 46.3 Å². The van der Waals surface area contributed by atoms with Crippen molar-refractivity contribution in [3.63, 3.8) is 0 Å². The van der Waals surface area contributed by atoms with Crippen molar-refractivity contribution >= 4 is 17.4 Å². The van der Waals surface area contributed by atoms with Crippen LogP contribution < -0.4 is 0 Å². The Morgan fingerprint density at radius 1 is 1.38 bits per heavy atom. The van der Waals surface area contributed by atoms with Gasteiger partial charge in [0.2, 0.25) is 5.78 Å². The van der Waals surface area contributed by atoms with Gasteiger partial charge < -0.3 is 4.42 Å². The lowest BCUT2D eigenvalue weighted by molar-refractivity contribution is 0.0799. The Kier molecular flexibility index (Phi) is 4.36. The summed E-state index contributed by atoms with van der Waals surface area (Å²) in [7, 11) is 0. The minimum atomic E-state index is 0.0271. The normalized spacial score (nSPS) is 17.0. The minimum absolute atomic E-state index is 0.0271. The molecule has 3 rings (SSSR count). The van der Waals surface area contributed by atoms with Crippen LogP contribution in [0.1, 0.15) is 29.1 Å². The molecule has 1 aromatic heterocycles. The molecular weight excluding hydrogens is 288 g/mol. The third-order valence-electron chi connectivity index (χ3n) is 3.90. The molecule has 0 amide bonds. The van der Waals surface area contributed by atoms with Gasteiger partial charge in [0, 0.05) is 17.5 Å². The number of hydrogen-bond acceptors (Lipinski definition) is 4. The van der Waals surface area contributed by atoms with Crippen LogP contribution in [0.25, 0.3) is 0 Å². The molecule has 1 fully saturated rings. The number of rotatable bonds is 4. The summed E-state index contributed by atoms with van der Waals surface area (Å²) in [4.78, 5) is 18.5. The molecule has 2 heterocycles. The third kappa shape index (κ3) is 3.52. The van der Waals surface area contributed by atoms with Crippen LogP contribution in [0.5, 0.6) is 0 Å². The number of piperidine rings is 1. The second-order valence-corrected chi connectivity index (χ2v) is 5.82. The SMILES string of the molecule is O=C(c1ncco1)C1CCN(Cc2cccc(Cl)c2)CC1. The highest BCUT2D eigenvalue weighted by Crippen LogP contribution is 2.23. The first-order valence-corrected chi connectivity index (χ1v) is 7.50. The van der Waals surface area contributed by atoms with Crippen molar-refractivity contribution in [3.05, 3.63) is 53.2 Å². The molecule has 0 saturated carbocycles. The van der Waals surface area contributed by atoms with Crippen LogP contribution in [0.15, 0.2) is 41.1 Å². The number of likely N-dealkylation sites (tertiary alicyclic amines) is 1. The van der Waals surface area contributed by atoms with Gasteiger partial charge in [-0.3, -0.25) is 9.69 Å². The van der Waals surface area contributed by atoms with Crippen LogP contribution in [0.4, 0.5) is 0 Å². The van der Waals surface area contributed by atoms with Crippen molar-refractivity contribution < 1.29 is 9.21 Å². The van der Waals surface area contributed by atoms with E-state index in [1.165, 1.54) is 18.0 Å². The number of carbonyl (C=O) groups is 1. The van der Waals surface area contributed by atoms with Crippen LogP contribution in [0.3, 0.4) is 0 Å². The second kappa shape index (κ2) is 6.41. The molecule has 0 aliphatic carbocycles. The maximum absolute atomic E-state index is 12.2. The van der Waals surface area contributed by atoms with Gasteiger partial charge in [-0.2, -0.15) is 0 Å². The Morgan fingerprint density at radius 3 is 2.86 bits per heavy atom. The van der Waals surface area contributed by atoms with Crippen LogP contribution in [-0.4, -0.2) is 28.8 Å². The zero-order chi connectivity index (χ0) is 14.7. The zero-order valence-corrected chi connectivity index (χ0v) is 12.4. The number of hydrogen-bond donors (Lipinski definition) is 0. The average molecular weight is 305 g/mol. The summed E-state index contributed by atoms with van der Waals surface area (Å²) >= 11 is 6.00. The van der Waals surface area contributed by atoms with Gasteiger partial charge in [0.05, 0.1) is 6.20 Å². The quantitative estimate of drug-likeness (QED) is 0.812. The number of ketones is 1. The molecule has 110 valence electrons. The summed E-state index contributed by atoms with van der Waals surface area (Å²) in [6, 6.07) is 7.92. The first-order valence-electron chi connectivity index (χ1n) is 7.13. The van der Waals surface area contributed by atoms with Gasteiger partial charge in [-0.15, -0.1) is 0 Å². The number of carbonyl (C=O) groups excluding carboxylic acids is 1. The first-order chi connectivity index (χ1) is 10.2. The Hall–Kier alpha value is -1.65. The predicted octanol–water partition coefficient (Wildman–Crippen LogP) is 3.42. The summed E-state index contributed by atoms with van der Waals surface area (Å²) in [6.07, 6.45) is 4.66. The summed E-state index contributed by atoms with van der Waals surface area (Å²) in [5.41, 5.74) is 1.21. The van der Waals surface area contributed by atoms with E-state index >= 15 is 0 Å². The molecule has 1 aliphatic heterocycles. The number of aromatic nitrogens is 1. The van der Waals surface area contributed by atoms with E-state index in [2.05, 4.69) is 16.0 Å². The lowest BCUT2D eigenvalue weighted by Crippen LogP contribution is -2.36. The van der Waals surface area contributed by atoms with Crippen molar-refractivity contribution in [1.29, 1.82) is 0 Å². The highest BCUT2D eigenvalue weighted by atomic mass is 35.5. The van der Waals surface area contributed by atoms with Gasteiger partial charge in [-0.05, 0) is 43.6 Å². The number of nitrogens with zero attached hydrogens (tertiary/aromatic N) is 2. The van der Waals surface area contributed by atoms with Crippen LogP contribution in [0, 0.1) is 5.92 Å². The molecule has 21 heavy (non-hydrogen) atoms. The Balaban J connectivity index is 1.54. The smallest absolute Gasteiger partial charge is 0.263 e. The van der Waals surface area contributed by atoms with Gasteiger partial charge in [-0.25, -0.2) is 4.98 Å². The molecule has 1 aromatic carbocycles. The summed E-state index contributed by atoms with van der Waals surface area (Å²) in [5, 5.41) is 0.765. The van der Waals surface area contributed by atoms with Crippen molar-refractivity contribution in [2.75, 3.05) is 13.1 Å². The molecule has 0 atom stereocenters. The highest BCUT2D eigenvalue weighted by molar-refractivity contribution is 6.30. The number of halogens is 1. The fourth-order valence-corrected chi connectivity index (χ4v) is 2.98. The van der Waals surface area contributed by atoms with E-state index in [-0.39, 0.29) is 17.6 Å². The van der Waals surface area contributed by atoms with E-state index in [9.17, 15) is 4.79 Å². The molecule has 4 nitrogen and oxygen atoms in total. The first kappa shape index (κ1) is 14.3. The van der Waals surface area contributed by atoms with Crippen molar-refractivity contribution in [2.45, 2.75) is 19.4 Å². The van der Waals surface area contributed by atoms with Crippen LogP contribution in [-0.2, 0) is 6.54 Å². The number of oxazole rings is 1. The molecule has 1 saturated heterocycles. The molecule has 0 spiro atoms. The lowest BCUT2D eigenvalue weighted by atomic mass is 9.92. The van der Waals surface area contributed by atoms with E-state index in [0.717, 1.165) is 37.5 Å². The summed E-state index contributed by atoms with van der Waals surface area (Å²) < 4.78 is 5.10. The summed E-state index contributed by atoms with van der Waals surface area (Å²) in [6.45, 7) is 2.69. The van der Waals surface area contributed by atoms with Gasteiger partial charge in [0.15, 0.2) is 0 Å². The highest BCUT2D eigenvalue weighted by Gasteiger charge is 2.28. The largest absolute Gasteiger partial charge is 0.442 e. The maximum atomic E-state index is 12.2. The molecule has 2 aromatic rings. The molecule has 1 aliphatic rings. The standard InChI is InChI=1S/C16H17ClN2O2/c17-14-3-1-2-12(10-14)11-19-7-4-13(5-8-19)15(20)16-18-6-9-21-16/h1-3,6,9-10,13H,4-5,7-8,11H2. The Morgan fingerprint density at radius 2 is 2.19 bits per heavy atom. The molecule has 5 heteroatoms. The molecule has 0 radical (unpaired) electrons. The Bertz CT molecular complexity index is 604. The van der Waals surface area contributed by atoms with Crippen LogP contribution >= 0.6 is 11.6 Å². The van der Waals surface area contributed by atoms with E-state index in [1.807, 2.05) is 18.2 Å². The lowest BCUT2D eigenvalue weighted by Gasteiger charge is -2.30. The molecule has 0 unspecified atom stereocenters. The van der Waals surface area contributed by atoms with Gasteiger partial charge in [0.1, 0.15) is 6.26 Å². The van der Waals surface area contributed by atoms with Crippen LogP contribution in [0.2, 0.25) is 5.02 Å².